The molecule has 0 aromatic rings. The highest BCUT2D eigenvalue weighted by Gasteiger charge is 2.28. The van der Waals surface area contributed by atoms with Gasteiger partial charge >= 0.3 is 0 Å². The molecule has 0 spiro atoms. The normalized spacial score (nSPS) is 21.5. The zero-order chi connectivity index (χ0) is 9.61. The van der Waals surface area contributed by atoms with Gasteiger partial charge in [-0.15, -0.1) is 0 Å². The minimum Gasteiger partial charge on any atom is -0.381 e. The summed E-state index contributed by atoms with van der Waals surface area (Å²) in [6, 6.07) is 0. The average Bonchev–Trinajstić information content (AvgIpc) is 2.09. The van der Waals surface area contributed by atoms with E-state index in [1.807, 2.05) is 13.8 Å². The third-order valence-electron chi connectivity index (χ3n) is 2.65. The van der Waals surface area contributed by atoms with Crippen molar-refractivity contribution in [1.82, 2.24) is 4.90 Å². The van der Waals surface area contributed by atoms with Crippen LogP contribution in [0.3, 0.4) is 0 Å². The molecule has 1 fully saturated rings. The fourth-order valence-corrected chi connectivity index (χ4v) is 1.26. The van der Waals surface area contributed by atoms with Crippen molar-refractivity contribution in [3.8, 4) is 0 Å². The Hall–Kier alpha value is -0.0800. The van der Waals surface area contributed by atoms with Gasteiger partial charge in [0.05, 0.1) is 0 Å². The second kappa shape index (κ2) is 5.55. The molecule has 1 heterocycles. The van der Waals surface area contributed by atoms with E-state index in [4.69, 9.17) is 4.74 Å². The van der Waals surface area contributed by atoms with Gasteiger partial charge in [-0.25, -0.2) is 0 Å². The summed E-state index contributed by atoms with van der Waals surface area (Å²) in [6.07, 6.45) is 2.33. The zero-order valence-electron chi connectivity index (χ0n) is 9.18. The molecule has 0 saturated carbocycles. The predicted octanol–water partition coefficient (Wildman–Crippen LogP) is 2.14. The molecular weight excluding hydrogens is 150 g/mol. The number of rotatable bonds is 1. The highest BCUT2D eigenvalue weighted by Crippen LogP contribution is 2.24. The van der Waals surface area contributed by atoms with Gasteiger partial charge in [0.25, 0.3) is 0 Å². The quantitative estimate of drug-likeness (QED) is 0.602. The van der Waals surface area contributed by atoms with E-state index in [1.54, 1.807) is 0 Å². The Morgan fingerprint density at radius 1 is 1.08 bits per heavy atom. The van der Waals surface area contributed by atoms with Crippen LogP contribution in [0.4, 0.5) is 0 Å². The van der Waals surface area contributed by atoms with Gasteiger partial charge in [0.1, 0.15) is 0 Å². The molecule has 1 rings (SSSR count). The fraction of sp³-hybridized carbons (Fsp3) is 1.00. The van der Waals surface area contributed by atoms with Gasteiger partial charge in [-0.05, 0) is 33.9 Å². The summed E-state index contributed by atoms with van der Waals surface area (Å²) < 4.78 is 5.29. The first-order valence-electron chi connectivity index (χ1n) is 4.90. The molecule has 0 radical (unpaired) electrons. The lowest BCUT2D eigenvalue weighted by Gasteiger charge is -2.39. The molecule has 1 saturated heterocycles. The zero-order valence-corrected chi connectivity index (χ0v) is 9.18. The fourth-order valence-electron chi connectivity index (χ4n) is 1.26. The third kappa shape index (κ3) is 3.11. The van der Waals surface area contributed by atoms with Gasteiger partial charge in [0.2, 0.25) is 0 Å². The second-order valence-corrected chi connectivity index (χ2v) is 3.50. The maximum Gasteiger partial charge on any atom is 0.0483 e. The predicted molar refractivity (Wildman–Crippen MR) is 53.5 cm³/mol. The minimum absolute atomic E-state index is 0.387. The van der Waals surface area contributed by atoms with Gasteiger partial charge in [-0.1, -0.05) is 13.8 Å². The summed E-state index contributed by atoms with van der Waals surface area (Å²) in [6.45, 7) is 8.15. The maximum absolute atomic E-state index is 5.29. The van der Waals surface area contributed by atoms with Crippen LogP contribution >= 0.6 is 0 Å². The summed E-state index contributed by atoms with van der Waals surface area (Å²) in [5.74, 6) is 0. The van der Waals surface area contributed by atoms with Crippen molar-refractivity contribution in [2.45, 2.75) is 39.2 Å². The van der Waals surface area contributed by atoms with Crippen LogP contribution in [0.5, 0.6) is 0 Å². The summed E-state index contributed by atoms with van der Waals surface area (Å²) >= 11 is 0. The standard InChI is InChI=1S/C8H17NO.C2H6/c1-8(9(2)3)4-6-10-7-5-8;1-2/h4-7H2,1-3H3;1-2H3. The minimum atomic E-state index is 0.387. The first-order chi connectivity index (χ1) is 5.65. The van der Waals surface area contributed by atoms with Crippen LogP contribution in [0, 0.1) is 0 Å². The van der Waals surface area contributed by atoms with Gasteiger partial charge in [0.15, 0.2) is 0 Å². The van der Waals surface area contributed by atoms with Gasteiger partial charge in [0, 0.05) is 18.8 Å². The van der Waals surface area contributed by atoms with Gasteiger partial charge in [-0.3, -0.25) is 0 Å². The van der Waals surface area contributed by atoms with Gasteiger partial charge < -0.3 is 9.64 Å². The Bertz CT molecular complexity index is 106. The first kappa shape index (κ1) is 11.9. The van der Waals surface area contributed by atoms with Crippen LogP contribution < -0.4 is 0 Å². The molecular formula is C10H23NO. The van der Waals surface area contributed by atoms with Crippen LogP contribution in [0.15, 0.2) is 0 Å². The molecule has 1 aliphatic heterocycles. The van der Waals surface area contributed by atoms with E-state index in [1.165, 1.54) is 12.8 Å². The number of nitrogens with zero attached hydrogens (tertiary/aromatic N) is 1. The van der Waals surface area contributed by atoms with Crippen LogP contribution in [0.2, 0.25) is 0 Å². The van der Waals surface area contributed by atoms with Gasteiger partial charge in [-0.2, -0.15) is 0 Å². The molecule has 0 aromatic carbocycles. The summed E-state index contributed by atoms with van der Waals surface area (Å²) in [5, 5.41) is 0. The number of hydrogen-bond acceptors (Lipinski definition) is 2. The molecule has 0 N–H and O–H groups in total. The molecule has 0 aliphatic carbocycles. The highest BCUT2D eigenvalue weighted by atomic mass is 16.5. The van der Waals surface area contributed by atoms with Crippen molar-refractivity contribution in [2.24, 2.45) is 0 Å². The van der Waals surface area contributed by atoms with E-state index < -0.39 is 0 Å². The molecule has 2 nitrogen and oxygen atoms in total. The Balaban J connectivity index is 0.000000561. The van der Waals surface area contributed by atoms with Crippen LogP contribution in [0.1, 0.15) is 33.6 Å². The highest BCUT2D eigenvalue weighted by molar-refractivity contribution is 4.84. The molecule has 0 unspecified atom stereocenters. The Labute approximate surface area is 76.9 Å². The maximum atomic E-state index is 5.29. The van der Waals surface area contributed by atoms with Crippen molar-refractivity contribution < 1.29 is 4.74 Å². The second-order valence-electron chi connectivity index (χ2n) is 3.50. The molecule has 12 heavy (non-hydrogen) atoms. The first-order valence-corrected chi connectivity index (χ1v) is 4.90. The van der Waals surface area contributed by atoms with Crippen molar-refractivity contribution in [3.05, 3.63) is 0 Å². The average molecular weight is 173 g/mol. The Morgan fingerprint density at radius 3 is 1.75 bits per heavy atom. The lowest BCUT2D eigenvalue weighted by molar-refractivity contribution is 0.00239. The number of hydrogen-bond donors (Lipinski definition) is 0. The molecule has 2 heteroatoms. The van der Waals surface area contributed by atoms with Crippen LogP contribution in [-0.2, 0) is 4.74 Å². The molecule has 0 aromatic heterocycles. The summed E-state index contributed by atoms with van der Waals surface area (Å²) in [7, 11) is 4.29. The van der Waals surface area contributed by atoms with Crippen molar-refractivity contribution in [3.63, 3.8) is 0 Å². The van der Waals surface area contributed by atoms with Crippen LogP contribution in [0.25, 0.3) is 0 Å². The van der Waals surface area contributed by atoms with E-state index in [9.17, 15) is 0 Å². The molecule has 1 aliphatic rings. The SMILES string of the molecule is CC.CN(C)C1(C)CCOCC1. The van der Waals surface area contributed by atoms with E-state index in [-0.39, 0.29) is 0 Å². The Kier molecular flexibility index (Phi) is 5.51. The molecule has 74 valence electrons. The largest absolute Gasteiger partial charge is 0.381 e. The van der Waals surface area contributed by atoms with Crippen molar-refractivity contribution >= 4 is 0 Å². The monoisotopic (exact) mass is 173 g/mol. The smallest absolute Gasteiger partial charge is 0.0483 e. The summed E-state index contributed by atoms with van der Waals surface area (Å²) in [5.41, 5.74) is 0.387. The van der Waals surface area contributed by atoms with E-state index in [0.29, 0.717) is 5.54 Å². The van der Waals surface area contributed by atoms with E-state index in [2.05, 4.69) is 25.9 Å². The topological polar surface area (TPSA) is 12.5 Å². The third-order valence-corrected chi connectivity index (χ3v) is 2.65. The van der Waals surface area contributed by atoms with Crippen molar-refractivity contribution in [2.75, 3.05) is 27.3 Å². The molecule has 0 atom stereocenters. The van der Waals surface area contributed by atoms with E-state index in [0.717, 1.165) is 13.2 Å². The number of ether oxygens (including phenoxy) is 1. The lowest BCUT2D eigenvalue weighted by atomic mass is 9.91. The van der Waals surface area contributed by atoms with Crippen LogP contribution in [-0.4, -0.2) is 37.7 Å². The lowest BCUT2D eigenvalue weighted by Crippen LogP contribution is -2.45. The van der Waals surface area contributed by atoms with E-state index >= 15 is 0 Å². The Morgan fingerprint density at radius 2 is 1.50 bits per heavy atom. The molecule has 0 bridgehead atoms. The molecule has 0 amide bonds. The van der Waals surface area contributed by atoms with Crippen molar-refractivity contribution in [1.29, 1.82) is 0 Å². The summed E-state index contributed by atoms with van der Waals surface area (Å²) in [4.78, 5) is 2.30.